The minimum Gasteiger partial charge on any atom is -0.314 e. The second-order valence-electron chi connectivity index (χ2n) is 5.80. The lowest BCUT2D eigenvalue weighted by molar-refractivity contribution is 0.269. The molecule has 0 amide bonds. The molecule has 1 aromatic rings. The molecule has 0 spiro atoms. The summed E-state index contributed by atoms with van der Waals surface area (Å²) in [6, 6.07) is 5.03. The van der Waals surface area contributed by atoms with Crippen LogP contribution in [-0.4, -0.2) is 12.6 Å². The van der Waals surface area contributed by atoms with Crippen molar-refractivity contribution in [1.29, 1.82) is 0 Å². The molecule has 1 nitrogen and oxygen atoms in total. The van der Waals surface area contributed by atoms with Gasteiger partial charge in [0.15, 0.2) is 0 Å². The summed E-state index contributed by atoms with van der Waals surface area (Å²) >= 11 is 1.88. The van der Waals surface area contributed by atoms with E-state index in [-0.39, 0.29) is 0 Å². The molecule has 0 fully saturated rings. The van der Waals surface area contributed by atoms with Gasteiger partial charge in [0.25, 0.3) is 0 Å². The summed E-state index contributed by atoms with van der Waals surface area (Å²) in [6.45, 7) is 10.5. The lowest BCUT2D eigenvalue weighted by Gasteiger charge is -2.28. The highest BCUT2D eigenvalue weighted by Crippen LogP contribution is 2.29. The molecule has 0 radical (unpaired) electrons. The zero-order valence-corrected chi connectivity index (χ0v) is 12.6. The van der Waals surface area contributed by atoms with Gasteiger partial charge >= 0.3 is 0 Å². The van der Waals surface area contributed by atoms with Gasteiger partial charge in [-0.2, -0.15) is 0 Å². The Balaban J connectivity index is 2.29. The third-order valence-electron chi connectivity index (χ3n) is 3.23. The summed E-state index contributed by atoms with van der Waals surface area (Å²) < 4.78 is 0. The Morgan fingerprint density at radius 3 is 2.76 bits per heavy atom. The van der Waals surface area contributed by atoms with Gasteiger partial charge in [0.05, 0.1) is 0 Å². The number of thiophene rings is 1. The molecule has 1 heterocycles. The van der Waals surface area contributed by atoms with E-state index in [4.69, 9.17) is 0 Å². The molecule has 1 rings (SSSR count). The molecule has 0 aliphatic rings. The van der Waals surface area contributed by atoms with Crippen molar-refractivity contribution in [3.05, 3.63) is 22.4 Å². The van der Waals surface area contributed by atoms with Crippen LogP contribution in [0, 0.1) is 5.41 Å². The predicted molar refractivity (Wildman–Crippen MR) is 78.8 cm³/mol. The van der Waals surface area contributed by atoms with Gasteiger partial charge in [-0.1, -0.05) is 26.8 Å². The van der Waals surface area contributed by atoms with Crippen molar-refractivity contribution >= 4 is 11.3 Å². The molecule has 1 aromatic heterocycles. The normalized spacial score (nSPS) is 13.9. The lowest BCUT2D eigenvalue weighted by atomic mass is 9.81. The van der Waals surface area contributed by atoms with Crippen LogP contribution >= 0.6 is 11.3 Å². The zero-order valence-electron chi connectivity index (χ0n) is 11.8. The summed E-state index contributed by atoms with van der Waals surface area (Å²) in [5.74, 6) is 0. The second kappa shape index (κ2) is 7.17. The van der Waals surface area contributed by atoms with E-state index in [0.29, 0.717) is 11.5 Å². The number of nitrogens with one attached hydrogen (secondary N) is 1. The van der Waals surface area contributed by atoms with Crippen LogP contribution in [0.2, 0.25) is 0 Å². The van der Waals surface area contributed by atoms with E-state index in [1.807, 2.05) is 11.3 Å². The molecular formula is C15H27NS. The first kappa shape index (κ1) is 14.7. The van der Waals surface area contributed by atoms with Crippen LogP contribution in [0.3, 0.4) is 0 Å². The first-order chi connectivity index (χ1) is 8.03. The van der Waals surface area contributed by atoms with Crippen molar-refractivity contribution in [2.24, 2.45) is 5.41 Å². The van der Waals surface area contributed by atoms with Gasteiger partial charge < -0.3 is 5.32 Å². The third-order valence-corrected chi connectivity index (χ3v) is 4.17. The summed E-state index contributed by atoms with van der Waals surface area (Å²) in [7, 11) is 0. The highest BCUT2D eigenvalue weighted by atomic mass is 32.1. The Morgan fingerprint density at radius 1 is 1.41 bits per heavy atom. The fourth-order valence-electron chi connectivity index (χ4n) is 2.31. The Kier molecular flexibility index (Phi) is 6.21. The molecule has 0 aromatic carbocycles. The van der Waals surface area contributed by atoms with Crippen LogP contribution in [0.4, 0.5) is 0 Å². The van der Waals surface area contributed by atoms with E-state index in [1.54, 1.807) is 0 Å². The maximum Gasteiger partial charge on any atom is 0.00454 e. The number of hydrogen-bond acceptors (Lipinski definition) is 2. The Bertz CT molecular complexity index is 290. The van der Waals surface area contributed by atoms with Crippen molar-refractivity contribution in [2.45, 2.75) is 59.4 Å². The smallest absolute Gasteiger partial charge is 0.00454 e. The topological polar surface area (TPSA) is 12.0 Å². The van der Waals surface area contributed by atoms with E-state index >= 15 is 0 Å². The number of rotatable bonds is 8. The molecule has 0 saturated carbocycles. The van der Waals surface area contributed by atoms with Crippen LogP contribution in [-0.2, 0) is 6.42 Å². The standard InChI is InChI=1S/C15H27NS/c1-5-10-16-13(2)12-15(3,4)9-8-14-7-6-11-17-14/h6-7,11,13,16H,5,8-10,12H2,1-4H3. The average molecular weight is 253 g/mol. The zero-order chi connectivity index (χ0) is 12.7. The second-order valence-corrected chi connectivity index (χ2v) is 6.84. The van der Waals surface area contributed by atoms with Crippen molar-refractivity contribution in [3.8, 4) is 0 Å². The molecule has 0 aliphatic heterocycles. The van der Waals surface area contributed by atoms with E-state index in [1.165, 1.54) is 30.6 Å². The van der Waals surface area contributed by atoms with Gasteiger partial charge in [-0.15, -0.1) is 11.3 Å². The van der Waals surface area contributed by atoms with Crippen LogP contribution in [0.15, 0.2) is 17.5 Å². The predicted octanol–water partition coefficient (Wildman–Crippen LogP) is 4.49. The fraction of sp³-hybridized carbons (Fsp3) is 0.733. The summed E-state index contributed by atoms with van der Waals surface area (Å²) in [5.41, 5.74) is 0.435. The van der Waals surface area contributed by atoms with Gasteiger partial charge in [0, 0.05) is 10.9 Å². The molecular weight excluding hydrogens is 226 g/mol. The van der Waals surface area contributed by atoms with E-state index in [0.717, 1.165) is 6.54 Å². The van der Waals surface area contributed by atoms with Gasteiger partial charge in [-0.25, -0.2) is 0 Å². The van der Waals surface area contributed by atoms with Gasteiger partial charge in [-0.05, 0) is 56.0 Å². The molecule has 98 valence electrons. The van der Waals surface area contributed by atoms with Crippen LogP contribution in [0.5, 0.6) is 0 Å². The van der Waals surface area contributed by atoms with Crippen molar-refractivity contribution < 1.29 is 0 Å². The summed E-state index contributed by atoms with van der Waals surface area (Å²) in [6.07, 6.45) is 5.00. The van der Waals surface area contributed by atoms with E-state index in [2.05, 4.69) is 50.5 Å². The lowest BCUT2D eigenvalue weighted by Crippen LogP contribution is -2.32. The monoisotopic (exact) mass is 253 g/mol. The largest absolute Gasteiger partial charge is 0.314 e. The average Bonchev–Trinajstić information content (AvgIpc) is 2.76. The number of hydrogen-bond donors (Lipinski definition) is 1. The van der Waals surface area contributed by atoms with Gasteiger partial charge in [0.2, 0.25) is 0 Å². The maximum atomic E-state index is 3.58. The quantitative estimate of drug-likeness (QED) is 0.720. The van der Waals surface area contributed by atoms with Crippen molar-refractivity contribution in [3.63, 3.8) is 0 Å². The Hall–Kier alpha value is -0.340. The molecule has 0 saturated heterocycles. The molecule has 0 aliphatic carbocycles. The highest BCUT2D eigenvalue weighted by Gasteiger charge is 2.20. The van der Waals surface area contributed by atoms with Gasteiger partial charge in [-0.3, -0.25) is 0 Å². The Labute approximate surface area is 111 Å². The van der Waals surface area contributed by atoms with Crippen LogP contribution in [0.1, 0.15) is 51.8 Å². The first-order valence-electron chi connectivity index (χ1n) is 6.79. The summed E-state index contributed by atoms with van der Waals surface area (Å²) in [4.78, 5) is 1.52. The van der Waals surface area contributed by atoms with Crippen LogP contribution in [0.25, 0.3) is 0 Å². The van der Waals surface area contributed by atoms with Crippen molar-refractivity contribution in [1.82, 2.24) is 5.32 Å². The molecule has 1 N–H and O–H groups in total. The highest BCUT2D eigenvalue weighted by molar-refractivity contribution is 7.09. The molecule has 0 bridgehead atoms. The van der Waals surface area contributed by atoms with Crippen molar-refractivity contribution in [2.75, 3.05) is 6.54 Å². The SMILES string of the molecule is CCCNC(C)CC(C)(C)CCc1cccs1. The van der Waals surface area contributed by atoms with E-state index in [9.17, 15) is 0 Å². The molecule has 1 atom stereocenters. The maximum absolute atomic E-state index is 3.58. The first-order valence-corrected chi connectivity index (χ1v) is 7.67. The number of aryl methyl sites for hydroxylation is 1. The third kappa shape index (κ3) is 6.23. The molecule has 17 heavy (non-hydrogen) atoms. The fourth-order valence-corrected chi connectivity index (χ4v) is 3.02. The molecule has 1 unspecified atom stereocenters. The van der Waals surface area contributed by atoms with Gasteiger partial charge in [0.1, 0.15) is 0 Å². The molecule has 2 heteroatoms. The minimum absolute atomic E-state index is 0.435. The minimum atomic E-state index is 0.435. The summed E-state index contributed by atoms with van der Waals surface area (Å²) in [5, 5.41) is 5.76. The van der Waals surface area contributed by atoms with E-state index < -0.39 is 0 Å². The van der Waals surface area contributed by atoms with Crippen LogP contribution < -0.4 is 5.32 Å². The Morgan fingerprint density at radius 2 is 2.18 bits per heavy atom.